The first-order chi connectivity index (χ1) is 12.8. The van der Waals surface area contributed by atoms with Crippen molar-refractivity contribution in [1.29, 1.82) is 10.8 Å². The molecule has 1 heterocycles. The maximum Gasteiger partial charge on any atom is 0.224 e. The molecule has 2 rings (SSSR count). The highest BCUT2D eigenvalue weighted by Gasteiger charge is 2.21. The van der Waals surface area contributed by atoms with Gasteiger partial charge in [0.05, 0.1) is 11.3 Å². The van der Waals surface area contributed by atoms with Crippen LogP contribution >= 0.6 is 11.6 Å². The van der Waals surface area contributed by atoms with Crippen LogP contribution in [0.4, 0.5) is 0 Å². The van der Waals surface area contributed by atoms with Crippen molar-refractivity contribution in [2.45, 2.75) is 40.5 Å². The van der Waals surface area contributed by atoms with Crippen molar-refractivity contribution in [3.63, 3.8) is 0 Å². The summed E-state index contributed by atoms with van der Waals surface area (Å²) < 4.78 is 5.40. The average molecular weight is 385 g/mol. The summed E-state index contributed by atoms with van der Waals surface area (Å²) in [6, 6.07) is 8.10. The van der Waals surface area contributed by atoms with E-state index in [1.807, 2.05) is 45.0 Å². The normalized spacial score (nSPS) is 11.8. The monoisotopic (exact) mass is 384 g/mol. The summed E-state index contributed by atoms with van der Waals surface area (Å²) in [5.74, 6) is 0.0545. The Morgan fingerprint density at radius 1 is 1.11 bits per heavy atom. The zero-order valence-electron chi connectivity index (χ0n) is 16.3. The third-order valence-electron chi connectivity index (χ3n) is 4.16. The predicted molar refractivity (Wildman–Crippen MR) is 111 cm³/mol. The minimum absolute atomic E-state index is 0.0190. The van der Waals surface area contributed by atoms with E-state index in [4.69, 9.17) is 27.2 Å². The smallest absolute Gasteiger partial charge is 0.224 e. The molecule has 5 nitrogen and oxygen atoms in total. The lowest BCUT2D eigenvalue weighted by Crippen LogP contribution is -2.19. The van der Waals surface area contributed by atoms with Crippen LogP contribution in [0.25, 0.3) is 5.57 Å². The van der Waals surface area contributed by atoms with Gasteiger partial charge in [0, 0.05) is 17.7 Å². The highest BCUT2D eigenvalue weighted by molar-refractivity contribution is 6.28. The van der Waals surface area contributed by atoms with Crippen molar-refractivity contribution in [2.75, 3.05) is 0 Å². The number of hydrogen-bond acceptors (Lipinski definition) is 5. The van der Waals surface area contributed by atoms with E-state index >= 15 is 0 Å². The minimum Gasteiger partial charge on any atom is -0.425 e. The van der Waals surface area contributed by atoms with Crippen LogP contribution in [0.5, 0.6) is 0 Å². The molecule has 27 heavy (non-hydrogen) atoms. The fraction of sp³-hybridized carbons (Fsp3) is 0.333. The van der Waals surface area contributed by atoms with E-state index in [9.17, 15) is 0 Å². The van der Waals surface area contributed by atoms with Crippen LogP contribution in [0.3, 0.4) is 0 Å². The number of halogens is 1. The minimum atomic E-state index is -0.165. The number of benzene rings is 1. The molecule has 0 radical (unpaired) electrons. The van der Waals surface area contributed by atoms with Gasteiger partial charge in [0.1, 0.15) is 0 Å². The van der Waals surface area contributed by atoms with Crippen LogP contribution in [0.15, 0.2) is 36.5 Å². The Morgan fingerprint density at radius 2 is 1.78 bits per heavy atom. The summed E-state index contributed by atoms with van der Waals surface area (Å²) in [7, 11) is 0. The molecule has 142 valence electrons. The Morgan fingerprint density at radius 3 is 2.37 bits per heavy atom. The molecule has 1 aromatic carbocycles. The molecule has 0 atom stereocenters. The second kappa shape index (κ2) is 8.91. The number of ether oxygens (including phenoxy) is 1. The van der Waals surface area contributed by atoms with Gasteiger partial charge in [-0.2, -0.15) is 0 Å². The summed E-state index contributed by atoms with van der Waals surface area (Å²) in [5, 5.41) is 16.3. The van der Waals surface area contributed by atoms with Gasteiger partial charge in [-0.25, -0.2) is 9.97 Å². The maximum absolute atomic E-state index is 8.32. The van der Waals surface area contributed by atoms with Crippen LogP contribution < -0.4 is 0 Å². The Bertz CT molecular complexity index is 888. The van der Waals surface area contributed by atoms with Crippen LogP contribution in [0, 0.1) is 16.7 Å². The van der Waals surface area contributed by atoms with Crippen LogP contribution in [-0.4, -0.2) is 21.8 Å². The number of allylic oxidation sites excluding steroid dienone is 1. The molecule has 0 aliphatic carbocycles. The van der Waals surface area contributed by atoms with E-state index in [0.29, 0.717) is 17.2 Å². The molecule has 1 aromatic heterocycles. The zero-order valence-corrected chi connectivity index (χ0v) is 17.1. The third kappa shape index (κ3) is 4.80. The van der Waals surface area contributed by atoms with Crippen LogP contribution in [0.2, 0.25) is 5.28 Å². The SMILES string of the molecule is C/C=C(\c1ccccc1C(C)C)c1nc(Cl)ncc1C(=N)OC(=N)C(C)C. The Balaban J connectivity index is 2.59. The maximum atomic E-state index is 8.32. The molecule has 0 saturated carbocycles. The molecule has 0 aliphatic rings. The number of nitrogens with one attached hydrogen (secondary N) is 2. The fourth-order valence-electron chi connectivity index (χ4n) is 2.68. The standard InChI is InChI=1S/C21H25ClN4O/c1-6-14(16-10-8-7-9-15(16)12(2)3)18-17(11-25-21(22)26-18)20(24)27-19(23)13(4)5/h6-13,23-24H,1-5H3/b14-6+,23-19?,24-20?. The molecule has 0 fully saturated rings. The second-order valence-corrected chi connectivity index (χ2v) is 7.13. The molecular weight excluding hydrogens is 360 g/mol. The first-order valence-electron chi connectivity index (χ1n) is 8.90. The van der Waals surface area contributed by atoms with Gasteiger partial charge in [-0.3, -0.25) is 10.8 Å². The summed E-state index contributed by atoms with van der Waals surface area (Å²) in [5.41, 5.74) is 3.97. The Kier molecular flexibility index (Phi) is 6.86. The largest absolute Gasteiger partial charge is 0.425 e. The molecule has 0 amide bonds. The molecule has 0 aliphatic heterocycles. The lowest BCUT2D eigenvalue weighted by atomic mass is 9.90. The quantitative estimate of drug-likeness (QED) is 0.395. The van der Waals surface area contributed by atoms with Gasteiger partial charge < -0.3 is 4.74 Å². The topological polar surface area (TPSA) is 82.7 Å². The van der Waals surface area contributed by atoms with E-state index < -0.39 is 0 Å². The van der Waals surface area contributed by atoms with Gasteiger partial charge >= 0.3 is 0 Å². The molecule has 2 N–H and O–H groups in total. The van der Waals surface area contributed by atoms with Gasteiger partial charge in [-0.15, -0.1) is 0 Å². The summed E-state index contributed by atoms with van der Waals surface area (Å²) in [4.78, 5) is 8.41. The van der Waals surface area contributed by atoms with E-state index in [1.54, 1.807) is 0 Å². The molecule has 0 saturated heterocycles. The molecule has 0 bridgehead atoms. The third-order valence-corrected chi connectivity index (χ3v) is 4.34. The molecular formula is C21H25ClN4O. The predicted octanol–water partition coefficient (Wildman–Crippen LogP) is 5.68. The highest BCUT2D eigenvalue weighted by Crippen LogP contribution is 2.31. The first-order valence-corrected chi connectivity index (χ1v) is 9.27. The van der Waals surface area contributed by atoms with Crippen molar-refractivity contribution >= 4 is 29.0 Å². The molecule has 2 aromatic rings. The Hall–Kier alpha value is -2.53. The van der Waals surface area contributed by atoms with E-state index in [0.717, 1.165) is 11.1 Å². The van der Waals surface area contributed by atoms with Crippen LogP contribution in [-0.2, 0) is 4.74 Å². The van der Waals surface area contributed by atoms with Gasteiger partial charge in [0.25, 0.3) is 0 Å². The zero-order chi connectivity index (χ0) is 20.1. The van der Waals surface area contributed by atoms with E-state index in [1.165, 1.54) is 11.8 Å². The van der Waals surface area contributed by atoms with Crippen molar-refractivity contribution in [3.05, 3.63) is 64.2 Å². The van der Waals surface area contributed by atoms with Gasteiger partial charge in [0.15, 0.2) is 5.90 Å². The lowest BCUT2D eigenvalue weighted by molar-refractivity contribution is 0.491. The van der Waals surface area contributed by atoms with Crippen molar-refractivity contribution < 1.29 is 4.74 Å². The summed E-state index contributed by atoms with van der Waals surface area (Å²) in [6.07, 6.45) is 3.42. The van der Waals surface area contributed by atoms with Crippen molar-refractivity contribution in [1.82, 2.24) is 9.97 Å². The summed E-state index contributed by atoms with van der Waals surface area (Å²) >= 11 is 6.07. The average Bonchev–Trinajstić information content (AvgIpc) is 2.62. The van der Waals surface area contributed by atoms with Crippen molar-refractivity contribution in [3.8, 4) is 0 Å². The second-order valence-electron chi connectivity index (χ2n) is 6.80. The number of nitrogens with zero attached hydrogens (tertiary/aromatic N) is 2. The van der Waals surface area contributed by atoms with E-state index in [-0.39, 0.29) is 23.0 Å². The Labute approximate surface area is 165 Å². The lowest BCUT2D eigenvalue weighted by Gasteiger charge is -2.18. The molecule has 6 heteroatoms. The van der Waals surface area contributed by atoms with Crippen molar-refractivity contribution in [2.24, 2.45) is 5.92 Å². The van der Waals surface area contributed by atoms with Gasteiger partial charge in [-0.05, 0) is 35.6 Å². The fourth-order valence-corrected chi connectivity index (χ4v) is 2.81. The van der Waals surface area contributed by atoms with Gasteiger partial charge in [0.2, 0.25) is 11.2 Å². The number of aromatic nitrogens is 2. The number of hydrogen-bond donors (Lipinski definition) is 2. The number of rotatable bonds is 5. The molecule has 0 unspecified atom stereocenters. The van der Waals surface area contributed by atoms with Crippen LogP contribution in [0.1, 0.15) is 62.9 Å². The first kappa shape index (κ1) is 20.8. The molecule has 0 spiro atoms. The summed E-state index contributed by atoms with van der Waals surface area (Å²) in [6.45, 7) is 9.87. The van der Waals surface area contributed by atoms with E-state index in [2.05, 4.69) is 29.9 Å². The van der Waals surface area contributed by atoms with Gasteiger partial charge in [-0.1, -0.05) is 58.0 Å². The highest BCUT2D eigenvalue weighted by atomic mass is 35.5.